The molecule has 0 atom stereocenters. The summed E-state index contributed by atoms with van der Waals surface area (Å²) in [5.41, 5.74) is 3.36. The van der Waals surface area contributed by atoms with Crippen LogP contribution in [0.5, 0.6) is 0 Å². The molecule has 0 spiro atoms. The highest BCUT2D eigenvalue weighted by Gasteiger charge is 2.24. The van der Waals surface area contributed by atoms with E-state index in [2.05, 4.69) is 16.6 Å². The first-order chi connectivity index (χ1) is 10.8. The van der Waals surface area contributed by atoms with Gasteiger partial charge >= 0.3 is 5.69 Å². The fourth-order valence-corrected chi connectivity index (χ4v) is 2.98. The van der Waals surface area contributed by atoms with Crippen LogP contribution in [-0.2, 0) is 13.1 Å². The van der Waals surface area contributed by atoms with E-state index in [0.717, 1.165) is 24.4 Å². The summed E-state index contributed by atoms with van der Waals surface area (Å²) >= 11 is 0. The predicted octanol–water partition coefficient (Wildman–Crippen LogP) is 3.12. The maximum Gasteiger partial charge on any atom is 0.312 e. The lowest BCUT2D eigenvalue weighted by molar-refractivity contribution is -0.386. The normalized spacial score (nSPS) is 11.0. The first-order valence-electron chi connectivity index (χ1n) is 7.66. The zero-order chi connectivity index (χ0) is 17.3. The van der Waals surface area contributed by atoms with E-state index in [4.69, 9.17) is 0 Å². The predicted molar refractivity (Wildman–Crippen MR) is 86.9 cm³/mol. The van der Waals surface area contributed by atoms with Gasteiger partial charge in [0.1, 0.15) is 17.9 Å². The Labute approximate surface area is 135 Å². The van der Waals surface area contributed by atoms with Gasteiger partial charge < -0.3 is 4.57 Å². The standard InChI is InChI=1S/C16H22N4O3/c1-6-7-18-10(2)8-14(12(18)4)15(21)9-19-13(5)16(20(22)23)11(3)17-19/h8H,6-7,9H2,1-5H3. The lowest BCUT2D eigenvalue weighted by Crippen LogP contribution is -2.14. The first kappa shape index (κ1) is 16.9. The summed E-state index contributed by atoms with van der Waals surface area (Å²) in [6.07, 6.45) is 0.994. The third-order valence-electron chi connectivity index (χ3n) is 4.14. The molecule has 0 aromatic carbocycles. The van der Waals surface area contributed by atoms with Gasteiger partial charge in [0.05, 0.1) is 4.92 Å². The number of aromatic nitrogens is 3. The van der Waals surface area contributed by atoms with Crippen LogP contribution in [0.25, 0.3) is 0 Å². The number of carbonyl (C=O) groups is 1. The largest absolute Gasteiger partial charge is 0.348 e. The summed E-state index contributed by atoms with van der Waals surface area (Å²) < 4.78 is 3.54. The van der Waals surface area contributed by atoms with E-state index in [9.17, 15) is 14.9 Å². The van der Waals surface area contributed by atoms with Crippen molar-refractivity contribution in [3.05, 3.63) is 44.5 Å². The van der Waals surface area contributed by atoms with Crippen molar-refractivity contribution in [1.29, 1.82) is 0 Å². The van der Waals surface area contributed by atoms with Crippen LogP contribution in [-0.4, -0.2) is 25.1 Å². The number of aryl methyl sites for hydroxylation is 2. The molecular weight excluding hydrogens is 296 g/mol. The molecule has 0 saturated carbocycles. The zero-order valence-electron chi connectivity index (χ0n) is 14.2. The number of nitro groups is 1. The van der Waals surface area contributed by atoms with Crippen LogP contribution in [0.1, 0.15) is 46.5 Å². The first-order valence-corrected chi connectivity index (χ1v) is 7.66. The molecule has 0 radical (unpaired) electrons. The molecule has 0 fully saturated rings. The van der Waals surface area contributed by atoms with Gasteiger partial charge in [-0.2, -0.15) is 5.10 Å². The molecule has 0 N–H and O–H groups in total. The number of ketones is 1. The average molecular weight is 318 g/mol. The minimum Gasteiger partial charge on any atom is -0.348 e. The van der Waals surface area contributed by atoms with Crippen molar-refractivity contribution in [1.82, 2.24) is 14.3 Å². The molecule has 0 amide bonds. The van der Waals surface area contributed by atoms with E-state index in [-0.39, 0.29) is 18.0 Å². The topological polar surface area (TPSA) is 83.0 Å². The van der Waals surface area contributed by atoms with Gasteiger partial charge in [-0.3, -0.25) is 19.6 Å². The third-order valence-corrected chi connectivity index (χ3v) is 4.14. The van der Waals surface area contributed by atoms with E-state index in [0.29, 0.717) is 17.0 Å². The molecule has 0 aliphatic heterocycles. The van der Waals surface area contributed by atoms with Gasteiger partial charge in [-0.15, -0.1) is 0 Å². The Bertz CT molecular complexity index is 771. The van der Waals surface area contributed by atoms with Gasteiger partial charge in [0, 0.05) is 23.5 Å². The SMILES string of the molecule is CCCn1c(C)cc(C(=O)Cn2nc(C)c([N+](=O)[O-])c2C)c1C. The number of hydrogen-bond acceptors (Lipinski definition) is 4. The molecule has 2 rings (SSSR count). The smallest absolute Gasteiger partial charge is 0.312 e. The van der Waals surface area contributed by atoms with Gasteiger partial charge in [0.15, 0.2) is 5.78 Å². The Balaban J connectivity index is 2.32. The molecule has 0 bridgehead atoms. The van der Waals surface area contributed by atoms with Crippen LogP contribution >= 0.6 is 0 Å². The monoisotopic (exact) mass is 318 g/mol. The lowest BCUT2D eigenvalue weighted by Gasteiger charge is -2.08. The van der Waals surface area contributed by atoms with E-state index < -0.39 is 4.92 Å². The van der Waals surface area contributed by atoms with E-state index in [1.54, 1.807) is 13.8 Å². The molecule has 0 aliphatic rings. The number of rotatable bonds is 6. The number of nitrogens with zero attached hydrogens (tertiary/aromatic N) is 4. The molecule has 2 heterocycles. The highest BCUT2D eigenvalue weighted by atomic mass is 16.6. The van der Waals surface area contributed by atoms with Crippen molar-refractivity contribution >= 4 is 11.5 Å². The quantitative estimate of drug-likeness (QED) is 0.465. The van der Waals surface area contributed by atoms with Crippen molar-refractivity contribution in [3.63, 3.8) is 0 Å². The van der Waals surface area contributed by atoms with Crippen molar-refractivity contribution < 1.29 is 9.72 Å². The Morgan fingerprint density at radius 2 is 1.91 bits per heavy atom. The summed E-state index contributed by atoms with van der Waals surface area (Å²) in [5.74, 6) is -0.0825. The second-order valence-corrected chi connectivity index (χ2v) is 5.79. The molecule has 7 nitrogen and oxygen atoms in total. The van der Waals surface area contributed by atoms with Crippen molar-refractivity contribution in [2.75, 3.05) is 0 Å². The zero-order valence-corrected chi connectivity index (χ0v) is 14.2. The van der Waals surface area contributed by atoms with E-state index in [1.807, 2.05) is 19.9 Å². The Hall–Kier alpha value is -2.44. The van der Waals surface area contributed by atoms with Crippen LogP contribution in [0.15, 0.2) is 6.07 Å². The number of Topliss-reactive ketones (excluding diaryl/α,β-unsaturated/α-hetero) is 1. The molecule has 2 aromatic rings. The minimum atomic E-state index is -0.453. The van der Waals surface area contributed by atoms with Crippen LogP contribution in [0.2, 0.25) is 0 Å². The summed E-state index contributed by atoms with van der Waals surface area (Å²) in [6.45, 7) is 10.1. The summed E-state index contributed by atoms with van der Waals surface area (Å²) in [5, 5.41) is 15.2. The molecule has 0 unspecified atom stereocenters. The van der Waals surface area contributed by atoms with Gasteiger partial charge in [-0.1, -0.05) is 6.92 Å². The molecule has 7 heteroatoms. The maximum absolute atomic E-state index is 12.6. The average Bonchev–Trinajstić information content (AvgIpc) is 2.90. The molecule has 0 saturated heterocycles. The maximum atomic E-state index is 12.6. The van der Waals surface area contributed by atoms with Crippen LogP contribution in [0, 0.1) is 37.8 Å². The lowest BCUT2D eigenvalue weighted by atomic mass is 10.1. The highest BCUT2D eigenvalue weighted by Crippen LogP contribution is 2.23. The van der Waals surface area contributed by atoms with Crippen LogP contribution in [0.4, 0.5) is 5.69 Å². The van der Waals surface area contributed by atoms with E-state index in [1.165, 1.54) is 4.68 Å². The molecule has 23 heavy (non-hydrogen) atoms. The molecule has 0 aliphatic carbocycles. The van der Waals surface area contributed by atoms with Crippen molar-refractivity contribution in [2.45, 2.75) is 54.1 Å². The number of carbonyl (C=O) groups excluding carboxylic acids is 1. The Kier molecular flexibility index (Phi) is 4.68. The molecule has 2 aromatic heterocycles. The third kappa shape index (κ3) is 3.04. The van der Waals surface area contributed by atoms with Crippen molar-refractivity contribution in [2.24, 2.45) is 0 Å². The van der Waals surface area contributed by atoms with Gasteiger partial charge in [0.25, 0.3) is 0 Å². The van der Waals surface area contributed by atoms with E-state index >= 15 is 0 Å². The van der Waals surface area contributed by atoms with Gasteiger partial charge in [0.2, 0.25) is 0 Å². The molecule has 124 valence electrons. The van der Waals surface area contributed by atoms with Crippen molar-refractivity contribution in [3.8, 4) is 0 Å². The number of hydrogen-bond donors (Lipinski definition) is 0. The summed E-state index contributed by atoms with van der Waals surface area (Å²) in [6, 6.07) is 1.88. The second-order valence-electron chi connectivity index (χ2n) is 5.79. The fraction of sp³-hybridized carbons (Fsp3) is 0.500. The Morgan fingerprint density at radius 3 is 2.43 bits per heavy atom. The summed E-state index contributed by atoms with van der Waals surface area (Å²) in [4.78, 5) is 23.2. The van der Waals surface area contributed by atoms with Crippen LogP contribution in [0.3, 0.4) is 0 Å². The van der Waals surface area contributed by atoms with Crippen LogP contribution < -0.4 is 0 Å². The molecular formula is C16H22N4O3. The second kappa shape index (κ2) is 6.36. The fourth-order valence-electron chi connectivity index (χ4n) is 2.98. The Morgan fingerprint density at radius 1 is 1.26 bits per heavy atom. The minimum absolute atomic E-state index is 0.0108. The van der Waals surface area contributed by atoms with Gasteiger partial charge in [-0.05, 0) is 40.2 Å². The highest BCUT2D eigenvalue weighted by molar-refractivity contribution is 5.97. The van der Waals surface area contributed by atoms with Gasteiger partial charge in [-0.25, -0.2) is 0 Å². The summed E-state index contributed by atoms with van der Waals surface area (Å²) in [7, 11) is 0.